The number of ether oxygens (including phenoxy) is 1. The van der Waals surface area contributed by atoms with E-state index in [1.807, 2.05) is 24.3 Å². The molecule has 0 unspecified atom stereocenters. The lowest BCUT2D eigenvalue weighted by Gasteiger charge is -2.25. The molecule has 168 valence electrons. The van der Waals surface area contributed by atoms with Gasteiger partial charge in [0, 0.05) is 24.4 Å². The quantitative estimate of drug-likeness (QED) is 0.587. The molecule has 0 bridgehead atoms. The van der Waals surface area contributed by atoms with Crippen molar-refractivity contribution in [1.82, 2.24) is 10.6 Å². The minimum absolute atomic E-state index is 0.00495. The minimum Gasteiger partial charge on any atom is -0.481 e. The number of carboxylic acids is 1. The third kappa shape index (κ3) is 4.77. The molecule has 2 aromatic rings. The summed E-state index contributed by atoms with van der Waals surface area (Å²) in [7, 11) is 0. The van der Waals surface area contributed by atoms with Crippen LogP contribution in [-0.2, 0) is 14.3 Å². The van der Waals surface area contributed by atoms with E-state index in [-0.39, 0.29) is 36.7 Å². The SMILES string of the molecule is CC(C)(CC(=O)NC[C@@H]1C[C@@H]1C(=O)O)NC(=O)OCC1c2ccccc2-c2ccccc21. The molecular formula is C25H28N2O5. The van der Waals surface area contributed by atoms with Gasteiger partial charge in [0.15, 0.2) is 0 Å². The minimum atomic E-state index is -0.818. The van der Waals surface area contributed by atoms with Crippen LogP contribution < -0.4 is 10.6 Å². The summed E-state index contributed by atoms with van der Waals surface area (Å²) in [5.74, 6) is -1.44. The van der Waals surface area contributed by atoms with Gasteiger partial charge in [0.25, 0.3) is 0 Å². The van der Waals surface area contributed by atoms with Crippen molar-refractivity contribution in [3.05, 3.63) is 59.7 Å². The summed E-state index contributed by atoms with van der Waals surface area (Å²) in [5.41, 5.74) is 3.80. The number of hydrogen-bond donors (Lipinski definition) is 3. The number of rotatable bonds is 8. The summed E-state index contributed by atoms with van der Waals surface area (Å²) in [5, 5.41) is 14.5. The van der Waals surface area contributed by atoms with Crippen molar-refractivity contribution in [3.63, 3.8) is 0 Å². The second-order valence-corrected chi connectivity index (χ2v) is 9.26. The number of fused-ring (bicyclic) bond motifs is 3. The highest BCUT2D eigenvalue weighted by molar-refractivity contribution is 5.80. The van der Waals surface area contributed by atoms with Crippen LogP contribution in [0.5, 0.6) is 0 Å². The Kier molecular flexibility index (Phi) is 5.91. The number of aliphatic carboxylic acids is 1. The average molecular weight is 437 g/mol. The Labute approximate surface area is 187 Å². The molecule has 32 heavy (non-hydrogen) atoms. The lowest BCUT2D eigenvalue weighted by atomic mass is 9.98. The van der Waals surface area contributed by atoms with E-state index in [0.717, 1.165) is 22.3 Å². The highest BCUT2D eigenvalue weighted by Crippen LogP contribution is 2.44. The maximum atomic E-state index is 12.5. The standard InChI is InChI=1S/C25H28N2O5/c1-25(2,12-22(28)26-13-15-11-20(15)23(29)30)27-24(31)32-14-21-18-9-5-3-7-16(18)17-8-4-6-10-19(17)21/h3-10,15,20-21H,11-14H2,1-2H3,(H,26,28)(H,27,31)(H,29,30)/t15-,20-/m0/s1. The van der Waals surface area contributed by atoms with E-state index in [2.05, 4.69) is 34.9 Å². The van der Waals surface area contributed by atoms with Gasteiger partial charge in [0.1, 0.15) is 6.61 Å². The van der Waals surface area contributed by atoms with Gasteiger partial charge in [-0.05, 0) is 48.4 Å². The molecule has 0 aliphatic heterocycles. The van der Waals surface area contributed by atoms with E-state index < -0.39 is 17.6 Å². The molecule has 0 spiro atoms. The molecule has 1 fully saturated rings. The summed E-state index contributed by atoms with van der Waals surface area (Å²) in [6.07, 6.45) is 0.0939. The number of amides is 2. The molecule has 7 nitrogen and oxygen atoms in total. The predicted molar refractivity (Wildman–Crippen MR) is 119 cm³/mol. The lowest BCUT2D eigenvalue weighted by Crippen LogP contribution is -2.47. The van der Waals surface area contributed by atoms with Crippen LogP contribution in [0.25, 0.3) is 11.1 Å². The molecule has 2 atom stereocenters. The Morgan fingerprint density at radius 3 is 2.19 bits per heavy atom. The van der Waals surface area contributed by atoms with Crippen LogP contribution in [-0.4, -0.2) is 41.8 Å². The second-order valence-electron chi connectivity index (χ2n) is 9.26. The Morgan fingerprint density at radius 1 is 1.03 bits per heavy atom. The van der Waals surface area contributed by atoms with Crippen molar-refractivity contribution in [1.29, 1.82) is 0 Å². The first kappa shape index (κ1) is 21.9. The van der Waals surface area contributed by atoms with E-state index in [4.69, 9.17) is 9.84 Å². The van der Waals surface area contributed by atoms with E-state index in [1.54, 1.807) is 13.8 Å². The molecule has 4 rings (SSSR count). The fourth-order valence-corrected chi connectivity index (χ4v) is 4.44. The highest BCUT2D eigenvalue weighted by atomic mass is 16.5. The number of carbonyl (C=O) groups is 3. The van der Waals surface area contributed by atoms with Crippen LogP contribution in [0, 0.1) is 11.8 Å². The van der Waals surface area contributed by atoms with E-state index in [1.165, 1.54) is 0 Å². The van der Waals surface area contributed by atoms with Gasteiger partial charge in [0.2, 0.25) is 5.91 Å². The first-order chi connectivity index (χ1) is 15.2. The van der Waals surface area contributed by atoms with Crippen molar-refractivity contribution >= 4 is 18.0 Å². The second kappa shape index (κ2) is 8.65. The van der Waals surface area contributed by atoms with Gasteiger partial charge in [0.05, 0.1) is 5.92 Å². The van der Waals surface area contributed by atoms with Gasteiger partial charge < -0.3 is 20.5 Å². The van der Waals surface area contributed by atoms with Gasteiger partial charge in [-0.15, -0.1) is 0 Å². The van der Waals surface area contributed by atoms with E-state index >= 15 is 0 Å². The Balaban J connectivity index is 1.28. The van der Waals surface area contributed by atoms with Crippen LogP contribution in [0.15, 0.2) is 48.5 Å². The first-order valence-corrected chi connectivity index (χ1v) is 10.9. The Bertz CT molecular complexity index is 1000. The zero-order valence-corrected chi connectivity index (χ0v) is 18.3. The first-order valence-electron chi connectivity index (χ1n) is 10.9. The third-order valence-electron chi connectivity index (χ3n) is 6.19. The smallest absolute Gasteiger partial charge is 0.407 e. The molecule has 2 amide bonds. The number of carboxylic acid groups (broad SMARTS) is 1. The van der Waals surface area contributed by atoms with Crippen LogP contribution in [0.2, 0.25) is 0 Å². The molecule has 1 saturated carbocycles. The average Bonchev–Trinajstić information content (AvgIpc) is 3.46. The molecule has 0 radical (unpaired) electrons. The number of benzene rings is 2. The van der Waals surface area contributed by atoms with Gasteiger partial charge in [-0.3, -0.25) is 9.59 Å². The summed E-state index contributed by atoms with van der Waals surface area (Å²) < 4.78 is 5.56. The third-order valence-corrected chi connectivity index (χ3v) is 6.19. The summed E-state index contributed by atoms with van der Waals surface area (Å²) in [6.45, 7) is 4.06. The van der Waals surface area contributed by atoms with Crippen molar-refractivity contribution in [2.45, 2.75) is 38.1 Å². The van der Waals surface area contributed by atoms with Gasteiger partial charge in [-0.25, -0.2) is 4.79 Å². The number of hydrogen-bond acceptors (Lipinski definition) is 4. The summed E-state index contributed by atoms with van der Waals surface area (Å²) >= 11 is 0. The molecule has 2 aliphatic rings. The summed E-state index contributed by atoms with van der Waals surface area (Å²) in [4.78, 5) is 35.6. The molecule has 2 aromatic carbocycles. The number of nitrogens with one attached hydrogen (secondary N) is 2. The Hall–Kier alpha value is -3.35. The van der Waals surface area contributed by atoms with Crippen molar-refractivity contribution in [2.24, 2.45) is 11.8 Å². The van der Waals surface area contributed by atoms with Crippen LogP contribution in [0.1, 0.15) is 43.7 Å². The molecule has 0 aromatic heterocycles. The van der Waals surface area contributed by atoms with Gasteiger partial charge in [-0.2, -0.15) is 0 Å². The fraction of sp³-hybridized carbons (Fsp3) is 0.400. The lowest BCUT2D eigenvalue weighted by molar-refractivity contribution is -0.139. The van der Waals surface area contributed by atoms with Gasteiger partial charge >= 0.3 is 12.1 Å². The van der Waals surface area contributed by atoms with Crippen LogP contribution in [0.3, 0.4) is 0 Å². The monoisotopic (exact) mass is 436 g/mol. The normalized spacial score (nSPS) is 18.9. The van der Waals surface area contributed by atoms with E-state index in [9.17, 15) is 14.4 Å². The highest BCUT2D eigenvalue weighted by Gasteiger charge is 2.43. The fourth-order valence-electron chi connectivity index (χ4n) is 4.44. The number of alkyl carbamates (subject to hydrolysis) is 1. The summed E-state index contributed by atoms with van der Waals surface area (Å²) in [6, 6.07) is 16.3. The molecule has 0 heterocycles. The van der Waals surface area contributed by atoms with Crippen LogP contribution >= 0.6 is 0 Å². The van der Waals surface area contributed by atoms with Crippen molar-refractivity contribution in [2.75, 3.05) is 13.2 Å². The topological polar surface area (TPSA) is 105 Å². The predicted octanol–water partition coefficient (Wildman–Crippen LogP) is 3.53. The molecule has 3 N–H and O–H groups in total. The van der Waals surface area contributed by atoms with Crippen molar-refractivity contribution in [3.8, 4) is 11.1 Å². The maximum Gasteiger partial charge on any atom is 0.407 e. The zero-order valence-electron chi connectivity index (χ0n) is 18.3. The maximum absolute atomic E-state index is 12.5. The molecule has 2 aliphatic carbocycles. The Morgan fingerprint density at radius 2 is 1.62 bits per heavy atom. The zero-order chi connectivity index (χ0) is 22.9. The molecule has 7 heteroatoms. The number of carbonyl (C=O) groups excluding carboxylic acids is 2. The molecule has 0 saturated heterocycles. The van der Waals surface area contributed by atoms with Gasteiger partial charge in [-0.1, -0.05) is 48.5 Å². The largest absolute Gasteiger partial charge is 0.481 e. The van der Waals surface area contributed by atoms with Crippen LogP contribution in [0.4, 0.5) is 4.79 Å². The molecular weight excluding hydrogens is 408 g/mol. The van der Waals surface area contributed by atoms with Crippen molar-refractivity contribution < 1.29 is 24.2 Å². The van der Waals surface area contributed by atoms with E-state index in [0.29, 0.717) is 13.0 Å².